The average molecular weight is 422 g/mol. The van der Waals surface area contributed by atoms with Gasteiger partial charge < -0.3 is 24.8 Å². The Kier molecular flexibility index (Phi) is 6.18. The van der Waals surface area contributed by atoms with Crippen LogP contribution in [-0.4, -0.2) is 53.3 Å². The van der Waals surface area contributed by atoms with Crippen molar-refractivity contribution in [3.8, 4) is 11.5 Å². The van der Waals surface area contributed by atoms with E-state index in [9.17, 15) is 4.79 Å². The fraction of sp³-hybridized carbons (Fsp3) is 0.348. The molecule has 1 aliphatic rings. The molecule has 8 heteroatoms. The topological polar surface area (TPSA) is 96.8 Å². The Labute approximate surface area is 180 Å². The molecule has 0 aliphatic carbocycles. The highest BCUT2D eigenvalue weighted by Crippen LogP contribution is 2.36. The fourth-order valence-corrected chi connectivity index (χ4v) is 3.98. The molecule has 0 radical (unpaired) electrons. The largest absolute Gasteiger partial charge is 0.493 e. The Morgan fingerprint density at radius 1 is 1.10 bits per heavy atom. The zero-order valence-electron chi connectivity index (χ0n) is 17.7. The lowest BCUT2D eigenvalue weighted by molar-refractivity contribution is 0.194. The molecule has 0 atom stereocenters. The van der Waals surface area contributed by atoms with Gasteiger partial charge >= 0.3 is 6.03 Å². The number of hydrogen-bond acceptors (Lipinski definition) is 6. The Balaban J connectivity index is 1.45. The van der Waals surface area contributed by atoms with Gasteiger partial charge in [-0.25, -0.2) is 14.8 Å². The molecular weight excluding hydrogens is 396 g/mol. The number of rotatable bonds is 5. The highest BCUT2D eigenvalue weighted by molar-refractivity contribution is 5.89. The number of carbonyl (C=O) groups is 1. The van der Waals surface area contributed by atoms with Gasteiger partial charge in [0.2, 0.25) is 0 Å². The lowest BCUT2D eigenvalue weighted by Gasteiger charge is -2.32. The Morgan fingerprint density at radius 3 is 2.42 bits per heavy atom. The molecule has 31 heavy (non-hydrogen) atoms. The van der Waals surface area contributed by atoms with E-state index in [0.29, 0.717) is 30.3 Å². The van der Waals surface area contributed by atoms with Gasteiger partial charge in [-0.1, -0.05) is 12.1 Å². The van der Waals surface area contributed by atoms with Crippen molar-refractivity contribution in [1.82, 2.24) is 14.9 Å². The number of carbonyl (C=O) groups excluding carboxylic acids is 1. The van der Waals surface area contributed by atoms with Crippen LogP contribution in [0.3, 0.4) is 0 Å². The maximum absolute atomic E-state index is 12.6. The molecule has 2 amide bonds. The molecule has 1 aliphatic heterocycles. The monoisotopic (exact) mass is 422 g/mol. The number of benzene rings is 2. The van der Waals surface area contributed by atoms with Gasteiger partial charge in [0.15, 0.2) is 11.5 Å². The third-order valence-corrected chi connectivity index (χ3v) is 5.73. The average Bonchev–Trinajstić information content (AvgIpc) is 2.83. The van der Waals surface area contributed by atoms with Crippen LogP contribution in [0.5, 0.6) is 11.5 Å². The van der Waals surface area contributed by atoms with E-state index in [1.54, 1.807) is 44.8 Å². The zero-order chi connectivity index (χ0) is 21.8. The molecule has 1 aromatic heterocycles. The summed E-state index contributed by atoms with van der Waals surface area (Å²) in [6.07, 6.45) is 3.22. The molecular formula is C23H26N4O4. The summed E-state index contributed by atoms with van der Waals surface area (Å²) in [6, 6.07) is 10.9. The number of aliphatic hydroxyl groups excluding tert-OH is 1. The minimum Gasteiger partial charge on any atom is -0.493 e. The summed E-state index contributed by atoms with van der Waals surface area (Å²) in [5, 5.41) is 13.0. The zero-order valence-corrected chi connectivity index (χ0v) is 17.7. The second-order valence-corrected chi connectivity index (χ2v) is 7.53. The van der Waals surface area contributed by atoms with E-state index < -0.39 is 0 Å². The summed E-state index contributed by atoms with van der Waals surface area (Å²) in [5.74, 6) is 1.52. The van der Waals surface area contributed by atoms with E-state index >= 15 is 0 Å². The number of methoxy groups -OCH3 is 2. The molecule has 162 valence electrons. The number of aliphatic hydroxyl groups is 1. The van der Waals surface area contributed by atoms with Gasteiger partial charge in [-0.15, -0.1) is 0 Å². The van der Waals surface area contributed by atoms with Gasteiger partial charge in [0.1, 0.15) is 6.33 Å². The van der Waals surface area contributed by atoms with E-state index in [1.807, 2.05) is 17.0 Å². The van der Waals surface area contributed by atoms with Gasteiger partial charge in [0, 0.05) is 36.1 Å². The second-order valence-electron chi connectivity index (χ2n) is 7.53. The maximum atomic E-state index is 12.6. The number of ether oxygens (including phenoxy) is 2. The van der Waals surface area contributed by atoms with Crippen LogP contribution in [0.1, 0.15) is 30.0 Å². The number of aromatic nitrogens is 2. The molecule has 1 fully saturated rings. The van der Waals surface area contributed by atoms with Gasteiger partial charge in [0.25, 0.3) is 0 Å². The van der Waals surface area contributed by atoms with Crippen LogP contribution in [-0.2, 0) is 6.61 Å². The number of fused-ring (bicyclic) bond motifs is 1. The van der Waals surface area contributed by atoms with E-state index in [2.05, 4.69) is 15.3 Å². The molecule has 2 N–H and O–H groups in total. The van der Waals surface area contributed by atoms with Crippen LogP contribution < -0.4 is 14.8 Å². The third-order valence-electron chi connectivity index (χ3n) is 5.73. The highest BCUT2D eigenvalue weighted by atomic mass is 16.5. The molecule has 2 aromatic carbocycles. The van der Waals surface area contributed by atoms with Crippen molar-refractivity contribution in [2.45, 2.75) is 25.4 Å². The predicted octanol–water partition coefficient (Wildman–Crippen LogP) is 3.55. The molecule has 0 bridgehead atoms. The van der Waals surface area contributed by atoms with E-state index in [1.165, 1.54) is 0 Å². The standard InChI is InChI=1S/C23H26N4O4/c1-30-20-11-18-19(12-21(20)31-2)24-14-25-22(18)16-7-9-27(10-8-16)23(29)26-17-5-3-15(13-28)4-6-17/h3-6,11-12,14,16,28H,7-10,13H2,1-2H3,(H,26,29). The SMILES string of the molecule is COc1cc2ncnc(C3CCN(C(=O)Nc4ccc(CO)cc4)CC3)c2cc1OC. The summed E-state index contributed by atoms with van der Waals surface area (Å²) in [7, 11) is 3.22. The summed E-state index contributed by atoms with van der Waals surface area (Å²) >= 11 is 0. The number of likely N-dealkylation sites (tertiary alicyclic amines) is 1. The molecule has 3 aromatic rings. The number of hydrogen-bond donors (Lipinski definition) is 2. The smallest absolute Gasteiger partial charge is 0.321 e. The molecule has 0 saturated carbocycles. The Bertz CT molecular complexity index is 1060. The number of piperidine rings is 1. The highest BCUT2D eigenvalue weighted by Gasteiger charge is 2.26. The molecule has 8 nitrogen and oxygen atoms in total. The maximum Gasteiger partial charge on any atom is 0.321 e. The Morgan fingerprint density at radius 2 is 1.77 bits per heavy atom. The summed E-state index contributed by atoms with van der Waals surface area (Å²) in [6.45, 7) is 1.27. The number of nitrogens with zero attached hydrogens (tertiary/aromatic N) is 3. The molecule has 2 heterocycles. The number of nitrogens with one attached hydrogen (secondary N) is 1. The van der Waals surface area contributed by atoms with Crippen molar-refractivity contribution in [2.75, 3.05) is 32.6 Å². The van der Waals surface area contributed by atoms with E-state index in [0.717, 1.165) is 35.0 Å². The van der Waals surface area contributed by atoms with Crippen LogP contribution in [0.25, 0.3) is 10.9 Å². The minimum atomic E-state index is -0.117. The van der Waals surface area contributed by atoms with Crippen LogP contribution in [0.2, 0.25) is 0 Å². The first kappa shape index (κ1) is 20.9. The van der Waals surface area contributed by atoms with Gasteiger partial charge in [-0.05, 0) is 36.6 Å². The first-order valence-electron chi connectivity index (χ1n) is 10.2. The number of anilines is 1. The normalized spacial score (nSPS) is 14.5. The van der Waals surface area contributed by atoms with Crippen LogP contribution in [0, 0.1) is 0 Å². The fourth-order valence-electron chi connectivity index (χ4n) is 3.98. The van der Waals surface area contributed by atoms with E-state index in [4.69, 9.17) is 14.6 Å². The van der Waals surface area contributed by atoms with Crippen molar-refractivity contribution in [3.63, 3.8) is 0 Å². The van der Waals surface area contributed by atoms with Crippen molar-refractivity contribution < 1.29 is 19.4 Å². The first-order chi connectivity index (χ1) is 15.1. The molecule has 1 saturated heterocycles. The number of urea groups is 1. The van der Waals surface area contributed by atoms with Crippen molar-refractivity contribution >= 4 is 22.6 Å². The van der Waals surface area contributed by atoms with Crippen LogP contribution in [0.15, 0.2) is 42.7 Å². The quantitative estimate of drug-likeness (QED) is 0.653. The summed E-state index contributed by atoms with van der Waals surface area (Å²) in [5.41, 5.74) is 3.32. The van der Waals surface area contributed by atoms with Crippen LogP contribution >= 0.6 is 0 Å². The lowest BCUT2D eigenvalue weighted by atomic mass is 9.91. The second kappa shape index (κ2) is 9.18. The van der Waals surface area contributed by atoms with Crippen molar-refractivity contribution in [1.29, 1.82) is 0 Å². The van der Waals surface area contributed by atoms with Crippen LogP contribution in [0.4, 0.5) is 10.5 Å². The van der Waals surface area contributed by atoms with Gasteiger partial charge in [-0.3, -0.25) is 0 Å². The summed E-state index contributed by atoms with van der Waals surface area (Å²) < 4.78 is 10.8. The Hall–Kier alpha value is -3.39. The molecule has 0 unspecified atom stereocenters. The van der Waals surface area contributed by atoms with Gasteiger partial charge in [-0.2, -0.15) is 0 Å². The van der Waals surface area contributed by atoms with Crippen molar-refractivity contribution in [2.24, 2.45) is 0 Å². The minimum absolute atomic E-state index is 0.0158. The third kappa shape index (κ3) is 4.39. The van der Waals surface area contributed by atoms with Gasteiger partial charge in [0.05, 0.1) is 32.0 Å². The number of amides is 2. The summed E-state index contributed by atoms with van der Waals surface area (Å²) in [4.78, 5) is 23.4. The first-order valence-corrected chi connectivity index (χ1v) is 10.2. The van der Waals surface area contributed by atoms with E-state index in [-0.39, 0.29) is 18.6 Å². The lowest BCUT2D eigenvalue weighted by Crippen LogP contribution is -2.40. The van der Waals surface area contributed by atoms with Crippen molar-refractivity contribution in [3.05, 3.63) is 54.0 Å². The molecule has 0 spiro atoms. The molecule has 4 rings (SSSR count). The predicted molar refractivity (Wildman–Crippen MR) is 118 cm³/mol.